The third-order valence-corrected chi connectivity index (χ3v) is 3.77. The molecule has 0 spiro atoms. The van der Waals surface area contributed by atoms with E-state index >= 15 is 0 Å². The van der Waals surface area contributed by atoms with Gasteiger partial charge in [-0.05, 0) is 38.9 Å². The SMILES string of the molecule is CNC(CCC(C)OC)c1cc2cccc(Cl)c2o1. The average Bonchev–Trinajstić information content (AvgIpc) is 2.84. The maximum atomic E-state index is 6.13. The van der Waals surface area contributed by atoms with E-state index in [1.54, 1.807) is 7.11 Å². The standard InChI is InChI=1S/C15H20ClNO2/c1-10(18-3)7-8-13(17-2)14-9-11-5-4-6-12(16)15(11)19-14/h4-6,9-10,13,17H,7-8H2,1-3H3. The van der Waals surface area contributed by atoms with E-state index in [0.29, 0.717) is 5.02 Å². The van der Waals surface area contributed by atoms with Crippen molar-refractivity contribution in [1.82, 2.24) is 5.32 Å². The van der Waals surface area contributed by atoms with Crippen LogP contribution in [0.5, 0.6) is 0 Å². The highest BCUT2D eigenvalue weighted by Gasteiger charge is 2.16. The van der Waals surface area contributed by atoms with Crippen molar-refractivity contribution in [3.05, 3.63) is 35.0 Å². The fraction of sp³-hybridized carbons (Fsp3) is 0.467. The van der Waals surface area contributed by atoms with Crippen molar-refractivity contribution in [3.8, 4) is 0 Å². The van der Waals surface area contributed by atoms with E-state index in [9.17, 15) is 0 Å². The zero-order valence-electron chi connectivity index (χ0n) is 11.6. The van der Waals surface area contributed by atoms with E-state index in [1.807, 2.05) is 25.2 Å². The van der Waals surface area contributed by atoms with Crippen LogP contribution in [0.4, 0.5) is 0 Å². The van der Waals surface area contributed by atoms with E-state index in [0.717, 1.165) is 29.6 Å². The molecular formula is C15H20ClNO2. The van der Waals surface area contributed by atoms with Crippen molar-refractivity contribution in [1.29, 1.82) is 0 Å². The number of methoxy groups -OCH3 is 1. The van der Waals surface area contributed by atoms with Gasteiger partial charge in [0.15, 0.2) is 5.58 Å². The van der Waals surface area contributed by atoms with Crippen LogP contribution in [-0.2, 0) is 4.74 Å². The second-order valence-corrected chi connectivity index (χ2v) is 5.18. The van der Waals surface area contributed by atoms with Crippen molar-refractivity contribution in [2.75, 3.05) is 14.2 Å². The highest BCUT2D eigenvalue weighted by Crippen LogP contribution is 2.31. The molecule has 3 nitrogen and oxygen atoms in total. The quantitative estimate of drug-likeness (QED) is 0.863. The molecule has 1 heterocycles. The number of furan rings is 1. The van der Waals surface area contributed by atoms with E-state index < -0.39 is 0 Å². The lowest BCUT2D eigenvalue weighted by Gasteiger charge is -2.16. The second kappa shape index (κ2) is 6.42. The summed E-state index contributed by atoms with van der Waals surface area (Å²) in [5.74, 6) is 0.925. The minimum Gasteiger partial charge on any atom is -0.458 e. The van der Waals surface area contributed by atoms with Gasteiger partial charge in [-0.25, -0.2) is 0 Å². The molecule has 2 aromatic rings. The normalized spacial score (nSPS) is 14.7. The highest BCUT2D eigenvalue weighted by molar-refractivity contribution is 6.34. The number of rotatable bonds is 6. The summed E-state index contributed by atoms with van der Waals surface area (Å²) in [4.78, 5) is 0. The smallest absolute Gasteiger partial charge is 0.152 e. The summed E-state index contributed by atoms with van der Waals surface area (Å²) in [6.45, 7) is 2.07. The Morgan fingerprint density at radius 3 is 2.79 bits per heavy atom. The van der Waals surface area contributed by atoms with Gasteiger partial charge in [0.25, 0.3) is 0 Å². The Morgan fingerprint density at radius 1 is 1.37 bits per heavy atom. The highest BCUT2D eigenvalue weighted by atomic mass is 35.5. The second-order valence-electron chi connectivity index (χ2n) is 4.77. The van der Waals surface area contributed by atoms with Crippen LogP contribution in [0, 0.1) is 0 Å². The molecule has 104 valence electrons. The molecule has 0 radical (unpaired) electrons. The van der Waals surface area contributed by atoms with Crippen LogP contribution in [0.15, 0.2) is 28.7 Å². The number of hydrogen-bond acceptors (Lipinski definition) is 3. The third kappa shape index (κ3) is 3.30. The maximum absolute atomic E-state index is 6.13. The molecule has 2 atom stereocenters. The van der Waals surface area contributed by atoms with E-state index in [2.05, 4.69) is 18.3 Å². The molecule has 1 aromatic heterocycles. The van der Waals surface area contributed by atoms with Gasteiger partial charge < -0.3 is 14.5 Å². The molecule has 2 unspecified atom stereocenters. The van der Waals surface area contributed by atoms with Gasteiger partial charge in [-0.15, -0.1) is 0 Å². The lowest BCUT2D eigenvalue weighted by atomic mass is 10.1. The molecule has 1 aromatic carbocycles. The summed E-state index contributed by atoms with van der Waals surface area (Å²) < 4.78 is 11.2. The van der Waals surface area contributed by atoms with Gasteiger partial charge in [0.05, 0.1) is 17.2 Å². The summed E-state index contributed by atoms with van der Waals surface area (Å²) >= 11 is 6.13. The van der Waals surface area contributed by atoms with Gasteiger partial charge in [-0.1, -0.05) is 23.7 Å². The van der Waals surface area contributed by atoms with Crippen molar-refractivity contribution in [2.24, 2.45) is 0 Å². The van der Waals surface area contributed by atoms with Crippen molar-refractivity contribution in [2.45, 2.75) is 31.9 Å². The number of benzene rings is 1. The summed E-state index contributed by atoms with van der Waals surface area (Å²) in [5.41, 5.74) is 0.763. The average molecular weight is 282 g/mol. The van der Waals surface area contributed by atoms with Crippen LogP contribution in [0.1, 0.15) is 31.6 Å². The number of para-hydroxylation sites is 1. The number of ether oxygens (including phenoxy) is 1. The minimum atomic E-state index is 0.182. The number of fused-ring (bicyclic) bond motifs is 1. The van der Waals surface area contributed by atoms with E-state index in [-0.39, 0.29) is 12.1 Å². The van der Waals surface area contributed by atoms with Gasteiger partial charge in [0, 0.05) is 12.5 Å². The lowest BCUT2D eigenvalue weighted by molar-refractivity contribution is 0.105. The Balaban J connectivity index is 2.18. The first-order valence-corrected chi connectivity index (χ1v) is 6.91. The third-order valence-electron chi connectivity index (χ3n) is 3.47. The molecule has 2 rings (SSSR count). The van der Waals surface area contributed by atoms with Crippen molar-refractivity contribution >= 4 is 22.6 Å². The molecule has 0 saturated heterocycles. The summed E-state index contributed by atoms with van der Waals surface area (Å²) in [7, 11) is 3.68. The lowest BCUT2D eigenvalue weighted by Crippen LogP contribution is -2.18. The number of hydrogen-bond donors (Lipinski definition) is 1. The van der Waals surface area contributed by atoms with Crippen LogP contribution in [-0.4, -0.2) is 20.3 Å². The van der Waals surface area contributed by atoms with Gasteiger partial charge in [0.1, 0.15) is 5.76 Å². The first-order valence-electron chi connectivity index (χ1n) is 6.53. The minimum absolute atomic E-state index is 0.182. The first-order chi connectivity index (χ1) is 9.15. The monoisotopic (exact) mass is 281 g/mol. The molecule has 0 fully saturated rings. The Hall–Kier alpha value is -1.03. The zero-order chi connectivity index (χ0) is 13.8. The Morgan fingerprint density at radius 2 is 2.16 bits per heavy atom. The Kier molecular flexibility index (Phi) is 4.86. The number of nitrogens with one attached hydrogen (secondary N) is 1. The van der Waals surface area contributed by atoms with Gasteiger partial charge in [0.2, 0.25) is 0 Å². The molecule has 0 aliphatic heterocycles. The summed E-state index contributed by atoms with van der Waals surface area (Å²) in [5, 5.41) is 4.99. The zero-order valence-corrected chi connectivity index (χ0v) is 12.3. The molecule has 0 saturated carbocycles. The van der Waals surface area contributed by atoms with E-state index in [1.165, 1.54) is 0 Å². The molecule has 0 aliphatic rings. The molecular weight excluding hydrogens is 262 g/mol. The molecule has 0 aliphatic carbocycles. The van der Waals surface area contributed by atoms with Crippen LogP contribution in [0.3, 0.4) is 0 Å². The Bertz CT molecular complexity index is 538. The van der Waals surface area contributed by atoms with Crippen LogP contribution in [0.2, 0.25) is 5.02 Å². The van der Waals surface area contributed by atoms with E-state index in [4.69, 9.17) is 20.8 Å². The van der Waals surface area contributed by atoms with Crippen molar-refractivity contribution in [3.63, 3.8) is 0 Å². The largest absolute Gasteiger partial charge is 0.458 e. The van der Waals surface area contributed by atoms with Crippen molar-refractivity contribution < 1.29 is 9.15 Å². The van der Waals surface area contributed by atoms with Crippen LogP contribution < -0.4 is 5.32 Å². The van der Waals surface area contributed by atoms with Gasteiger partial charge in [-0.2, -0.15) is 0 Å². The van der Waals surface area contributed by atoms with Gasteiger partial charge >= 0.3 is 0 Å². The molecule has 4 heteroatoms. The van der Waals surface area contributed by atoms with Crippen LogP contribution >= 0.6 is 11.6 Å². The molecule has 0 bridgehead atoms. The maximum Gasteiger partial charge on any atom is 0.152 e. The fourth-order valence-electron chi connectivity index (χ4n) is 2.17. The van der Waals surface area contributed by atoms with Gasteiger partial charge in [-0.3, -0.25) is 0 Å². The predicted molar refractivity (Wildman–Crippen MR) is 78.7 cm³/mol. The fourth-order valence-corrected chi connectivity index (χ4v) is 2.39. The Labute approximate surface area is 118 Å². The molecule has 19 heavy (non-hydrogen) atoms. The van der Waals surface area contributed by atoms with Crippen LogP contribution in [0.25, 0.3) is 11.0 Å². The molecule has 1 N–H and O–H groups in total. The summed E-state index contributed by atoms with van der Waals surface area (Å²) in [6, 6.07) is 8.03. The molecule has 0 amide bonds. The predicted octanol–water partition coefficient (Wildman–Crippen LogP) is 4.16. The summed E-state index contributed by atoms with van der Waals surface area (Å²) in [6.07, 6.45) is 2.19. The first kappa shape index (κ1) is 14.4. The number of halogens is 1. The topological polar surface area (TPSA) is 34.4 Å².